The number of imidazole rings is 1. The molecule has 0 bridgehead atoms. The summed E-state index contributed by atoms with van der Waals surface area (Å²) in [6.07, 6.45) is 0.0236. The first-order valence-electron chi connectivity index (χ1n) is 6.76. The molecule has 0 aliphatic rings. The van der Waals surface area contributed by atoms with Gasteiger partial charge in [0, 0.05) is 0 Å². The maximum atomic E-state index is 14.0. The summed E-state index contributed by atoms with van der Waals surface area (Å²) in [5.41, 5.74) is 7.71. The number of benzene rings is 2. The predicted octanol–water partition coefficient (Wildman–Crippen LogP) is 3.53. The van der Waals surface area contributed by atoms with Gasteiger partial charge in [0.2, 0.25) is 5.95 Å². The Balaban J connectivity index is 2.26. The lowest BCUT2D eigenvalue weighted by molar-refractivity contribution is 0.245. The smallest absolute Gasteiger partial charge is 0.206 e. The molecule has 108 valence electrons. The van der Waals surface area contributed by atoms with Gasteiger partial charge in [-0.15, -0.1) is 0 Å². The SMILES string of the molecule is CC(C)Oc1cccc2c1nc(N)n2-c1ccccc1F. The number of para-hydroxylation sites is 2. The molecular weight excluding hydrogens is 269 g/mol. The minimum atomic E-state index is -0.348. The molecular formula is C16H16FN3O. The molecule has 0 saturated heterocycles. The van der Waals surface area contributed by atoms with Crippen LogP contribution in [-0.2, 0) is 0 Å². The molecule has 4 nitrogen and oxygen atoms in total. The third-order valence-electron chi connectivity index (χ3n) is 3.13. The van der Waals surface area contributed by atoms with Crippen LogP contribution in [0.3, 0.4) is 0 Å². The van der Waals surface area contributed by atoms with Crippen LogP contribution in [-0.4, -0.2) is 15.7 Å². The highest BCUT2D eigenvalue weighted by molar-refractivity contribution is 5.86. The van der Waals surface area contributed by atoms with E-state index in [9.17, 15) is 4.39 Å². The number of hydrogen-bond acceptors (Lipinski definition) is 3. The van der Waals surface area contributed by atoms with Crippen molar-refractivity contribution in [1.82, 2.24) is 9.55 Å². The molecule has 0 spiro atoms. The van der Waals surface area contributed by atoms with Crippen molar-refractivity contribution in [2.24, 2.45) is 0 Å². The minimum absolute atomic E-state index is 0.0236. The Labute approximate surface area is 122 Å². The summed E-state index contributed by atoms with van der Waals surface area (Å²) < 4.78 is 21.4. The van der Waals surface area contributed by atoms with Crippen LogP contribution in [0.2, 0.25) is 0 Å². The lowest BCUT2D eigenvalue weighted by Crippen LogP contribution is -2.05. The van der Waals surface area contributed by atoms with Crippen LogP contribution >= 0.6 is 0 Å². The predicted molar refractivity (Wildman–Crippen MR) is 81.2 cm³/mol. The Hall–Kier alpha value is -2.56. The molecule has 0 amide bonds. The number of nitrogen functional groups attached to an aromatic ring is 1. The molecule has 1 heterocycles. The summed E-state index contributed by atoms with van der Waals surface area (Å²) in [6, 6.07) is 12.0. The van der Waals surface area contributed by atoms with Gasteiger partial charge in [-0.1, -0.05) is 18.2 Å². The van der Waals surface area contributed by atoms with Crippen LogP contribution in [0.4, 0.5) is 10.3 Å². The second-order valence-corrected chi connectivity index (χ2v) is 5.05. The number of halogens is 1. The zero-order valence-electron chi connectivity index (χ0n) is 11.9. The minimum Gasteiger partial charge on any atom is -0.489 e. The summed E-state index contributed by atoms with van der Waals surface area (Å²) in [6.45, 7) is 3.88. The summed E-state index contributed by atoms with van der Waals surface area (Å²) in [4.78, 5) is 4.33. The van der Waals surface area contributed by atoms with E-state index in [0.29, 0.717) is 17.0 Å². The average Bonchev–Trinajstić information content (AvgIpc) is 2.76. The van der Waals surface area contributed by atoms with Gasteiger partial charge < -0.3 is 10.5 Å². The molecule has 1 aromatic heterocycles. The van der Waals surface area contributed by atoms with Gasteiger partial charge in [-0.25, -0.2) is 9.37 Å². The number of anilines is 1. The lowest BCUT2D eigenvalue weighted by Gasteiger charge is -2.10. The molecule has 0 aliphatic heterocycles. The number of nitrogens with two attached hydrogens (primary N) is 1. The van der Waals surface area contributed by atoms with E-state index in [2.05, 4.69) is 4.98 Å². The molecule has 0 atom stereocenters. The Kier molecular flexibility index (Phi) is 3.25. The fraction of sp³-hybridized carbons (Fsp3) is 0.188. The molecule has 3 rings (SSSR count). The van der Waals surface area contributed by atoms with Gasteiger partial charge in [0.1, 0.15) is 17.1 Å². The van der Waals surface area contributed by atoms with Gasteiger partial charge in [0.05, 0.1) is 17.3 Å². The van der Waals surface area contributed by atoms with Crippen LogP contribution < -0.4 is 10.5 Å². The van der Waals surface area contributed by atoms with Gasteiger partial charge in [-0.2, -0.15) is 0 Å². The molecule has 0 unspecified atom stereocenters. The van der Waals surface area contributed by atoms with E-state index in [4.69, 9.17) is 10.5 Å². The highest BCUT2D eigenvalue weighted by atomic mass is 19.1. The van der Waals surface area contributed by atoms with E-state index in [1.54, 1.807) is 22.8 Å². The fourth-order valence-corrected chi connectivity index (χ4v) is 2.33. The van der Waals surface area contributed by atoms with E-state index >= 15 is 0 Å². The second-order valence-electron chi connectivity index (χ2n) is 5.05. The number of rotatable bonds is 3. The largest absolute Gasteiger partial charge is 0.489 e. The summed E-state index contributed by atoms with van der Waals surface area (Å²) >= 11 is 0. The number of hydrogen-bond donors (Lipinski definition) is 1. The third-order valence-corrected chi connectivity index (χ3v) is 3.13. The Morgan fingerprint density at radius 3 is 2.62 bits per heavy atom. The molecule has 3 aromatic rings. The van der Waals surface area contributed by atoms with E-state index < -0.39 is 0 Å². The van der Waals surface area contributed by atoms with Crippen LogP contribution in [0.1, 0.15) is 13.8 Å². The van der Waals surface area contributed by atoms with Crippen molar-refractivity contribution in [3.05, 3.63) is 48.3 Å². The van der Waals surface area contributed by atoms with Gasteiger partial charge in [-0.05, 0) is 38.1 Å². The number of fused-ring (bicyclic) bond motifs is 1. The van der Waals surface area contributed by atoms with Crippen molar-refractivity contribution in [2.75, 3.05) is 5.73 Å². The van der Waals surface area contributed by atoms with Crippen LogP contribution in [0.15, 0.2) is 42.5 Å². The number of aromatic nitrogens is 2. The standard InChI is InChI=1S/C16H16FN3O/c1-10(2)21-14-9-5-8-13-15(14)19-16(18)20(13)12-7-4-3-6-11(12)17/h3-10H,1-2H3,(H2,18,19). The Bertz CT molecular complexity index is 795. The molecule has 0 aliphatic carbocycles. The molecule has 0 fully saturated rings. The van der Waals surface area contributed by atoms with E-state index in [0.717, 1.165) is 5.52 Å². The summed E-state index contributed by atoms with van der Waals surface area (Å²) in [5.74, 6) is 0.526. The van der Waals surface area contributed by atoms with Crippen molar-refractivity contribution in [3.8, 4) is 11.4 Å². The zero-order valence-corrected chi connectivity index (χ0v) is 11.9. The molecule has 5 heteroatoms. The van der Waals surface area contributed by atoms with Crippen molar-refractivity contribution in [3.63, 3.8) is 0 Å². The third kappa shape index (κ3) is 2.31. The van der Waals surface area contributed by atoms with Crippen LogP contribution in [0.25, 0.3) is 16.7 Å². The van der Waals surface area contributed by atoms with Crippen LogP contribution in [0, 0.1) is 5.82 Å². The maximum absolute atomic E-state index is 14.0. The molecule has 0 saturated carbocycles. The lowest BCUT2D eigenvalue weighted by atomic mass is 10.2. The number of nitrogens with zero attached hydrogens (tertiary/aromatic N) is 2. The molecule has 2 aromatic carbocycles. The molecule has 2 N–H and O–H groups in total. The highest BCUT2D eigenvalue weighted by Crippen LogP contribution is 2.30. The first kappa shape index (κ1) is 13.4. The number of ether oxygens (including phenoxy) is 1. The first-order chi connectivity index (χ1) is 10.1. The van der Waals surface area contributed by atoms with Crippen molar-refractivity contribution >= 4 is 17.0 Å². The van der Waals surface area contributed by atoms with E-state index in [1.165, 1.54) is 6.07 Å². The average molecular weight is 285 g/mol. The maximum Gasteiger partial charge on any atom is 0.206 e. The topological polar surface area (TPSA) is 53.1 Å². The molecule has 21 heavy (non-hydrogen) atoms. The Morgan fingerprint density at radius 2 is 1.90 bits per heavy atom. The van der Waals surface area contributed by atoms with E-state index in [1.807, 2.05) is 32.0 Å². The Morgan fingerprint density at radius 1 is 1.14 bits per heavy atom. The van der Waals surface area contributed by atoms with Crippen molar-refractivity contribution < 1.29 is 9.13 Å². The normalized spacial score (nSPS) is 11.2. The second kappa shape index (κ2) is 5.09. The van der Waals surface area contributed by atoms with Gasteiger partial charge in [-0.3, -0.25) is 4.57 Å². The van der Waals surface area contributed by atoms with Crippen molar-refractivity contribution in [1.29, 1.82) is 0 Å². The van der Waals surface area contributed by atoms with Crippen molar-refractivity contribution in [2.45, 2.75) is 20.0 Å². The van der Waals surface area contributed by atoms with Gasteiger partial charge in [0.15, 0.2) is 0 Å². The summed E-state index contributed by atoms with van der Waals surface area (Å²) in [7, 11) is 0. The monoisotopic (exact) mass is 285 g/mol. The van der Waals surface area contributed by atoms with Crippen LogP contribution in [0.5, 0.6) is 5.75 Å². The van der Waals surface area contributed by atoms with Gasteiger partial charge in [0.25, 0.3) is 0 Å². The van der Waals surface area contributed by atoms with Gasteiger partial charge >= 0.3 is 0 Å². The molecule has 0 radical (unpaired) electrons. The zero-order chi connectivity index (χ0) is 15.0. The highest BCUT2D eigenvalue weighted by Gasteiger charge is 2.16. The fourth-order valence-electron chi connectivity index (χ4n) is 2.33. The van der Waals surface area contributed by atoms with E-state index in [-0.39, 0.29) is 17.9 Å². The first-order valence-corrected chi connectivity index (χ1v) is 6.76. The quantitative estimate of drug-likeness (QED) is 0.801. The summed E-state index contributed by atoms with van der Waals surface area (Å²) in [5, 5.41) is 0.